The van der Waals surface area contributed by atoms with Gasteiger partial charge in [-0.1, -0.05) is 25.7 Å². The van der Waals surface area contributed by atoms with Crippen LogP contribution in [0.5, 0.6) is 0 Å². The van der Waals surface area contributed by atoms with Crippen molar-refractivity contribution in [2.24, 2.45) is 11.3 Å². The normalized spacial score (nSPS) is 40.3. The Morgan fingerprint density at radius 2 is 1.64 bits per heavy atom. The smallest absolute Gasteiger partial charge is 0.0829 e. The van der Waals surface area contributed by atoms with Crippen LogP contribution in [0.4, 0.5) is 0 Å². The van der Waals surface area contributed by atoms with E-state index in [-0.39, 0.29) is 12.0 Å². The highest BCUT2D eigenvalue weighted by molar-refractivity contribution is 4.96. The number of fused-ring (bicyclic) bond motifs is 1. The van der Waals surface area contributed by atoms with Crippen molar-refractivity contribution in [1.29, 1.82) is 0 Å². The molecule has 14 heavy (non-hydrogen) atoms. The number of rotatable bonds is 2. The summed E-state index contributed by atoms with van der Waals surface area (Å²) in [5.41, 5.74) is 0.0885. The Morgan fingerprint density at radius 1 is 1.07 bits per heavy atom. The molecule has 82 valence electrons. The van der Waals surface area contributed by atoms with Gasteiger partial charge in [0.2, 0.25) is 0 Å². The third kappa shape index (κ3) is 1.59. The van der Waals surface area contributed by atoms with Crippen LogP contribution in [0.2, 0.25) is 0 Å². The minimum Gasteiger partial charge on any atom is -0.394 e. The minimum atomic E-state index is -0.465. The lowest BCUT2D eigenvalue weighted by atomic mass is 9.57. The van der Waals surface area contributed by atoms with Crippen LogP contribution in [0.15, 0.2) is 0 Å². The predicted molar refractivity (Wildman–Crippen MR) is 56.0 cm³/mol. The van der Waals surface area contributed by atoms with Gasteiger partial charge in [-0.15, -0.1) is 0 Å². The van der Waals surface area contributed by atoms with Gasteiger partial charge in [0.1, 0.15) is 0 Å². The number of aliphatic hydroxyl groups is 2. The quantitative estimate of drug-likeness (QED) is 0.713. The van der Waals surface area contributed by atoms with E-state index in [0.29, 0.717) is 5.92 Å². The van der Waals surface area contributed by atoms with Gasteiger partial charge in [-0.2, -0.15) is 0 Å². The van der Waals surface area contributed by atoms with Gasteiger partial charge in [-0.05, 0) is 31.6 Å². The largest absolute Gasteiger partial charge is 0.394 e. The van der Waals surface area contributed by atoms with Crippen LogP contribution >= 0.6 is 0 Å². The summed E-state index contributed by atoms with van der Waals surface area (Å²) in [4.78, 5) is 0. The van der Waals surface area contributed by atoms with Crippen molar-refractivity contribution in [3.05, 3.63) is 0 Å². The topological polar surface area (TPSA) is 40.5 Å². The summed E-state index contributed by atoms with van der Waals surface area (Å²) in [6.45, 7) is -0.0451. The lowest BCUT2D eigenvalue weighted by molar-refractivity contribution is -0.0924. The zero-order valence-electron chi connectivity index (χ0n) is 8.91. The molecule has 0 radical (unpaired) electrons. The molecule has 0 heterocycles. The Hall–Kier alpha value is -0.0800. The van der Waals surface area contributed by atoms with Crippen LogP contribution in [0, 0.1) is 11.3 Å². The van der Waals surface area contributed by atoms with Gasteiger partial charge in [0.25, 0.3) is 0 Å². The van der Waals surface area contributed by atoms with Gasteiger partial charge in [-0.3, -0.25) is 0 Å². The summed E-state index contributed by atoms with van der Waals surface area (Å²) >= 11 is 0. The second kappa shape index (κ2) is 4.19. The van der Waals surface area contributed by atoms with E-state index in [0.717, 1.165) is 12.8 Å². The molecule has 0 aliphatic heterocycles. The SMILES string of the molecule is OCC(O)C12CCCCC1CCCC2. The Morgan fingerprint density at radius 3 is 2.14 bits per heavy atom. The summed E-state index contributed by atoms with van der Waals surface area (Å²) in [7, 11) is 0. The van der Waals surface area contributed by atoms with Gasteiger partial charge in [0.15, 0.2) is 0 Å². The van der Waals surface area contributed by atoms with Crippen molar-refractivity contribution in [1.82, 2.24) is 0 Å². The molecule has 2 rings (SSSR count). The third-order valence-electron chi connectivity index (χ3n) is 4.54. The lowest BCUT2D eigenvalue weighted by Crippen LogP contribution is -2.47. The van der Waals surface area contributed by atoms with E-state index >= 15 is 0 Å². The van der Waals surface area contributed by atoms with E-state index in [1.54, 1.807) is 0 Å². The van der Waals surface area contributed by atoms with E-state index in [4.69, 9.17) is 0 Å². The van der Waals surface area contributed by atoms with Crippen molar-refractivity contribution in [3.63, 3.8) is 0 Å². The molecule has 0 aromatic rings. The van der Waals surface area contributed by atoms with Crippen molar-refractivity contribution >= 4 is 0 Å². The fourth-order valence-electron chi connectivity index (χ4n) is 3.73. The van der Waals surface area contributed by atoms with Gasteiger partial charge in [0, 0.05) is 5.41 Å². The Balaban J connectivity index is 2.15. The van der Waals surface area contributed by atoms with Gasteiger partial charge in [-0.25, -0.2) is 0 Å². The molecule has 2 saturated carbocycles. The standard InChI is InChI=1S/C12H22O2/c13-9-11(14)12-7-3-1-5-10(12)6-2-4-8-12/h10-11,13-14H,1-9H2. The maximum absolute atomic E-state index is 10.0. The van der Waals surface area contributed by atoms with Crippen LogP contribution in [0.1, 0.15) is 51.4 Å². The first kappa shape index (κ1) is 10.4. The minimum absolute atomic E-state index is 0.0451. The monoisotopic (exact) mass is 198 g/mol. The predicted octanol–water partition coefficient (Wildman–Crippen LogP) is 2.09. The average molecular weight is 198 g/mol. The molecule has 2 heteroatoms. The molecule has 0 saturated heterocycles. The van der Waals surface area contributed by atoms with Crippen molar-refractivity contribution in [3.8, 4) is 0 Å². The molecule has 1 atom stereocenters. The van der Waals surface area contributed by atoms with Crippen molar-refractivity contribution in [2.45, 2.75) is 57.5 Å². The fraction of sp³-hybridized carbons (Fsp3) is 1.00. The molecule has 2 nitrogen and oxygen atoms in total. The first-order valence-corrected chi connectivity index (χ1v) is 6.08. The second-order valence-electron chi connectivity index (χ2n) is 5.12. The molecule has 2 aliphatic rings. The summed E-state index contributed by atoms with van der Waals surface area (Å²) in [6.07, 6.45) is 9.50. The molecule has 1 unspecified atom stereocenters. The fourth-order valence-corrected chi connectivity index (χ4v) is 3.73. The number of aliphatic hydroxyl groups excluding tert-OH is 2. The van der Waals surface area contributed by atoms with Crippen molar-refractivity contribution < 1.29 is 10.2 Å². The summed E-state index contributed by atoms with van der Waals surface area (Å²) in [5.74, 6) is 0.687. The Kier molecular flexibility index (Phi) is 3.13. The molecule has 0 aromatic heterocycles. The van der Waals surface area contributed by atoms with E-state index in [2.05, 4.69) is 0 Å². The van der Waals surface area contributed by atoms with Crippen molar-refractivity contribution in [2.75, 3.05) is 6.61 Å². The first-order valence-electron chi connectivity index (χ1n) is 6.08. The summed E-state index contributed by atoms with van der Waals surface area (Å²) < 4.78 is 0. The lowest BCUT2D eigenvalue weighted by Gasteiger charge is -2.50. The van der Waals surface area contributed by atoms with E-state index in [1.807, 2.05) is 0 Å². The Bertz CT molecular complexity index is 179. The van der Waals surface area contributed by atoms with Crippen LogP contribution in [-0.2, 0) is 0 Å². The van der Waals surface area contributed by atoms with Crippen LogP contribution in [0.3, 0.4) is 0 Å². The van der Waals surface area contributed by atoms with Crippen LogP contribution < -0.4 is 0 Å². The molecule has 0 aromatic carbocycles. The highest BCUT2D eigenvalue weighted by Crippen LogP contribution is 2.52. The molecular weight excluding hydrogens is 176 g/mol. The molecule has 2 N–H and O–H groups in total. The molecular formula is C12H22O2. The zero-order chi connectivity index (χ0) is 10.0. The molecule has 2 aliphatic carbocycles. The first-order chi connectivity index (χ1) is 6.79. The highest BCUT2D eigenvalue weighted by Gasteiger charge is 2.46. The number of hydrogen-bond donors (Lipinski definition) is 2. The molecule has 0 amide bonds. The summed E-state index contributed by atoms with van der Waals surface area (Å²) in [5, 5.41) is 19.2. The average Bonchev–Trinajstić information content (AvgIpc) is 2.28. The van der Waals surface area contributed by atoms with Crippen LogP contribution in [-0.4, -0.2) is 22.9 Å². The van der Waals surface area contributed by atoms with Gasteiger partial charge < -0.3 is 10.2 Å². The molecule has 0 spiro atoms. The second-order valence-corrected chi connectivity index (χ2v) is 5.12. The molecule has 0 bridgehead atoms. The van der Waals surface area contributed by atoms with E-state index in [1.165, 1.54) is 38.5 Å². The Labute approximate surface area is 86.3 Å². The zero-order valence-corrected chi connectivity index (χ0v) is 8.91. The number of hydrogen-bond acceptors (Lipinski definition) is 2. The van der Waals surface area contributed by atoms with Crippen LogP contribution in [0.25, 0.3) is 0 Å². The summed E-state index contributed by atoms with van der Waals surface area (Å²) in [6, 6.07) is 0. The van der Waals surface area contributed by atoms with Gasteiger partial charge >= 0.3 is 0 Å². The molecule has 2 fully saturated rings. The van der Waals surface area contributed by atoms with Gasteiger partial charge in [0.05, 0.1) is 12.7 Å². The third-order valence-corrected chi connectivity index (χ3v) is 4.54. The van der Waals surface area contributed by atoms with E-state index in [9.17, 15) is 10.2 Å². The van der Waals surface area contributed by atoms with E-state index < -0.39 is 6.10 Å². The maximum Gasteiger partial charge on any atom is 0.0829 e. The highest BCUT2D eigenvalue weighted by atomic mass is 16.3. The maximum atomic E-state index is 10.0.